The Morgan fingerprint density at radius 1 is 0.659 bits per heavy atom. The highest BCUT2D eigenvalue weighted by Crippen LogP contribution is 2.29. The standard InChI is InChI=1S/2C11H15NO4.C10H14O2/c2*1-4-16-11(13)12-9-7-8(14-2)5-6-10(9)15-3;11-9-7-5-3-1-2-4-6-8-10-12/h2*5-7H,4H2,1-3H3,(H,12,13);11-12H,5-10H2. The fourth-order valence-corrected chi connectivity index (χ4v) is 2.93. The number of hydrogen-bond acceptors (Lipinski definition) is 10. The van der Waals surface area contributed by atoms with E-state index in [-0.39, 0.29) is 13.2 Å². The van der Waals surface area contributed by atoms with Crippen LogP contribution in [0.3, 0.4) is 0 Å². The highest BCUT2D eigenvalue weighted by molar-refractivity contribution is 5.87. The number of nitrogens with one attached hydrogen (secondary N) is 2. The Morgan fingerprint density at radius 3 is 1.34 bits per heavy atom. The molecule has 2 aromatic rings. The van der Waals surface area contributed by atoms with Crippen LogP contribution in [0.15, 0.2) is 36.4 Å². The van der Waals surface area contributed by atoms with Crippen molar-refractivity contribution in [2.75, 3.05) is 65.5 Å². The van der Waals surface area contributed by atoms with Crippen LogP contribution in [-0.4, -0.2) is 77.3 Å². The smallest absolute Gasteiger partial charge is 0.411 e. The van der Waals surface area contributed by atoms with Gasteiger partial charge >= 0.3 is 12.2 Å². The number of amides is 2. The third kappa shape index (κ3) is 17.9. The van der Waals surface area contributed by atoms with Crippen molar-refractivity contribution in [2.45, 2.75) is 39.5 Å². The van der Waals surface area contributed by atoms with Gasteiger partial charge in [0.15, 0.2) is 0 Å². The second-order valence-corrected chi connectivity index (χ2v) is 8.08. The van der Waals surface area contributed by atoms with Gasteiger partial charge in [0.25, 0.3) is 0 Å². The van der Waals surface area contributed by atoms with Crippen molar-refractivity contribution in [3.63, 3.8) is 0 Å². The molecule has 0 radical (unpaired) electrons. The number of ether oxygens (including phenoxy) is 6. The van der Waals surface area contributed by atoms with E-state index in [1.807, 2.05) is 0 Å². The lowest BCUT2D eigenvalue weighted by molar-refractivity contribution is 0.167. The van der Waals surface area contributed by atoms with E-state index < -0.39 is 12.2 Å². The number of carbonyl (C=O) groups is 2. The molecule has 2 amide bonds. The third-order valence-electron chi connectivity index (χ3n) is 5.00. The first kappa shape index (κ1) is 39.2. The minimum atomic E-state index is -0.519. The van der Waals surface area contributed by atoms with E-state index in [0.29, 0.717) is 73.3 Å². The Labute approximate surface area is 259 Å². The predicted octanol–water partition coefficient (Wildman–Crippen LogP) is 5.08. The number of carbonyl (C=O) groups excluding carboxylic acids is 2. The van der Waals surface area contributed by atoms with Gasteiger partial charge in [0.05, 0.1) is 53.0 Å². The molecule has 0 aliphatic carbocycles. The molecule has 0 saturated carbocycles. The third-order valence-corrected chi connectivity index (χ3v) is 5.00. The first-order chi connectivity index (χ1) is 21.3. The topological polar surface area (TPSA) is 154 Å². The second-order valence-electron chi connectivity index (χ2n) is 8.08. The predicted molar refractivity (Wildman–Crippen MR) is 169 cm³/mol. The largest absolute Gasteiger partial charge is 0.497 e. The van der Waals surface area contributed by atoms with Crippen molar-refractivity contribution in [1.82, 2.24) is 0 Å². The van der Waals surface area contributed by atoms with Gasteiger partial charge in [-0.15, -0.1) is 0 Å². The van der Waals surface area contributed by atoms with E-state index in [1.165, 1.54) is 14.2 Å². The minimum Gasteiger partial charge on any atom is -0.497 e. The summed E-state index contributed by atoms with van der Waals surface area (Å²) in [6.07, 6.45) is 1.79. The fourth-order valence-electron chi connectivity index (χ4n) is 2.93. The quantitative estimate of drug-likeness (QED) is 0.187. The molecule has 4 N–H and O–H groups in total. The zero-order valence-electron chi connectivity index (χ0n) is 26.3. The Balaban J connectivity index is 0.000000639. The van der Waals surface area contributed by atoms with Crippen LogP contribution in [0.5, 0.6) is 23.0 Å². The zero-order valence-corrected chi connectivity index (χ0v) is 26.3. The molecule has 0 aliphatic rings. The maximum Gasteiger partial charge on any atom is 0.411 e. The molecule has 0 fully saturated rings. The first-order valence-corrected chi connectivity index (χ1v) is 13.8. The van der Waals surface area contributed by atoms with Gasteiger partial charge < -0.3 is 38.6 Å². The summed E-state index contributed by atoms with van der Waals surface area (Å²) in [5.74, 6) is 13.3. The SMILES string of the molecule is CCOC(=O)Nc1cc(OC)ccc1OC.CCOC(=O)Nc1cc(OC)ccc1OC.OCCCC#CC#CCCCO. The van der Waals surface area contributed by atoms with Crippen molar-refractivity contribution in [3.8, 4) is 46.7 Å². The maximum atomic E-state index is 11.3. The molecule has 0 unspecified atom stereocenters. The molecule has 0 heterocycles. The minimum absolute atomic E-state index is 0.187. The van der Waals surface area contributed by atoms with E-state index in [2.05, 4.69) is 34.3 Å². The highest BCUT2D eigenvalue weighted by Gasteiger charge is 2.10. The average Bonchev–Trinajstić information content (AvgIpc) is 3.03. The Hall–Kier alpha value is -4.78. The van der Waals surface area contributed by atoms with Crippen LogP contribution >= 0.6 is 0 Å². The molecule has 0 aliphatic heterocycles. The number of unbranched alkanes of at least 4 members (excludes halogenated alkanes) is 2. The summed E-state index contributed by atoms with van der Waals surface area (Å²) in [7, 11) is 6.15. The van der Waals surface area contributed by atoms with E-state index in [0.717, 1.165) is 0 Å². The Morgan fingerprint density at radius 2 is 1.05 bits per heavy atom. The second kappa shape index (κ2) is 25.9. The van der Waals surface area contributed by atoms with Crippen molar-refractivity contribution in [2.24, 2.45) is 0 Å². The summed E-state index contributed by atoms with van der Waals surface area (Å²) in [6, 6.07) is 10.2. The molecule has 242 valence electrons. The summed E-state index contributed by atoms with van der Waals surface area (Å²) in [5.41, 5.74) is 1.03. The van der Waals surface area contributed by atoms with Crippen LogP contribution in [-0.2, 0) is 9.47 Å². The zero-order chi connectivity index (χ0) is 33.0. The molecule has 0 atom stereocenters. The van der Waals surface area contributed by atoms with E-state index in [4.69, 9.17) is 38.6 Å². The van der Waals surface area contributed by atoms with Crippen molar-refractivity contribution < 1.29 is 48.2 Å². The summed E-state index contributed by atoms with van der Waals surface area (Å²) in [5, 5.41) is 22.0. The summed E-state index contributed by atoms with van der Waals surface area (Å²) in [6.45, 7) is 4.49. The average molecular weight is 617 g/mol. The van der Waals surface area contributed by atoms with Gasteiger partial charge in [-0.25, -0.2) is 9.59 Å². The monoisotopic (exact) mass is 616 g/mol. The van der Waals surface area contributed by atoms with Crippen LogP contribution in [0.4, 0.5) is 21.0 Å². The van der Waals surface area contributed by atoms with Gasteiger partial charge in [-0.2, -0.15) is 0 Å². The molecule has 2 aromatic carbocycles. The number of anilines is 2. The highest BCUT2D eigenvalue weighted by atomic mass is 16.6. The lowest BCUT2D eigenvalue weighted by Crippen LogP contribution is -2.14. The number of hydrogen-bond donors (Lipinski definition) is 4. The molecule has 0 aromatic heterocycles. The number of aliphatic hydroxyl groups excluding tert-OH is 2. The maximum absolute atomic E-state index is 11.3. The molecule has 0 bridgehead atoms. The normalized spacial score (nSPS) is 9.00. The summed E-state index contributed by atoms with van der Waals surface area (Å²) >= 11 is 0. The fraction of sp³-hybridized carbons (Fsp3) is 0.438. The van der Waals surface area contributed by atoms with Crippen LogP contribution in [0.2, 0.25) is 0 Å². The van der Waals surface area contributed by atoms with Gasteiger partial charge in [0.2, 0.25) is 0 Å². The van der Waals surface area contributed by atoms with Gasteiger partial charge in [-0.05, 0) is 62.8 Å². The molecule has 12 nitrogen and oxygen atoms in total. The lowest BCUT2D eigenvalue weighted by Gasteiger charge is -2.11. The number of benzene rings is 2. The number of rotatable bonds is 12. The molecular formula is C32H44N2O10. The van der Waals surface area contributed by atoms with Crippen LogP contribution in [0, 0.1) is 23.7 Å². The Kier molecular flexibility index (Phi) is 23.1. The van der Waals surface area contributed by atoms with Crippen LogP contribution in [0.1, 0.15) is 39.5 Å². The molecule has 2 rings (SSSR count). The summed E-state index contributed by atoms with van der Waals surface area (Å²) < 4.78 is 29.8. The van der Waals surface area contributed by atoms with Crippen molar-refractivity contribution in [1.29, 1.82) is 0 Å². The molecular weight excluding hydrogens is 572 g/mol. The Bertz CT molecular complexity index is 1130. The molecule has 12 heteroatoms. The number of aliphatic hydroxyl groups is 2. The van der Waals surface area contributed by atoms with E-state index in [1.54, 1.807) is 64.5 Å². The molecule has 0 spiro atoms. The van der Waals surface area contributed by atoms with Crippen molar-refractivity contribution >= 4 is 23.6 Å². The lowest BCUT2D eigenvalue weighted by atomic mass is 10.2. The molecule has 44 heavy (non-hydrogen) atoms. The van der Waals surface area contributed by atoms with Crippen LogP contribution < -0.4 is 29.6 Å². The van der Waals surface area contributed by atoms with Gasteiger partial charge in [-0.3, -0.25) is 10.6 Å². The van der Waals surface area contributed by atoms with Gasteiger partial charge in [0.1, 0.15) is 23.0 Å². The first-order valence-electron chi connectivity index (χ1n) is 13.8. The molecule has 0 saturated heterocycles. The van der Waals surface area contributed by atoms with Crippen LogP contribution in [0.25, 0.3) is 0 Å². The number of methoxy groups -OCH3 is 4. The van der Waals surface area contributed by atoms with Crippen molar-refractivity contribution in [3.05, 3.63) is 36.4 Å². The van der Waals surface area contributed by atoms with E-state index in [9.17, 15) is 9.59 Å². The summed E-state index contributed by atoms with van der Waals surface area (Å²) in [4.78, 5) is 22.5. The van der Waals surface area contributed by atoms with Gasteiger partial charge in [0, 0.05) is 38.2 Å². The van der Waals surface area contributed by atoms with Gasteiger partial charge in [-0.1, -0.05) is 11.8 Å². The van der Waals surface area contributed by atoms with E-state index >= 15 is 0 Å².